The molecule has 0 radical (unpaired) electrons. The second-order valence-electron chi connectivity index (χ2n) is 8.72. The van der Waals surface area contributed by atoms with E-state index in [1.165, 1.54) is 4.90 Å². The summed E-state index contributed by atoms with van der Waals surface area (Å²) < 4.78 is 5.81. The molecular formula is C24H32N2O4. The number of hydrogen-bond acceptors (Lipinski definition) is 4. The fraction of sp³-hybridized carbons (Fsp3) is 0.542. The minimum Gasteiger partial charge on any atom is -0.491 e. The van der Waals surface area contributed by atoms with Gasteiger partial charge in [-0.25, -0.2) is 0 Å². The van der Waals surface area contributed by atoms with Crippen molar-refractivity contribution in [2.45, 2.75) is 46.1 Å². The highest BCUT2D eigenvalue weighted by atomic mass is 16.5. The van der Waals surface area contributed by atoms with Gasteiger partial charge in [-0.05, 0) is 43.7 Å². The Morgan fingerprint density at radius 3 is 2.30 bits per heavy atom. The molecular weight excluding hydrogens is 380 g/mol. The third-order valence-electron chi connectivity index (χ3n) is 5.99. The van der Waals surface area contributed by atoms with Crippen LogP contribution in [-0.4, -0.2) is 53.8 Å². The first kappa shape index (κ1) is 22.1. The van der Waals surface area contributed by atoms with Crippen LogP contribution in [0.1, 0.15) is 38.7 Å². The molecule has 1 heterocycles. The Kier molecular flexibility index (Phi) is 6.95. The molecule has 0 saturated carbocycles. The average Bonchev–Trinajstić information content (AvgIpc) is 2.97. The second-order valence-corrected chi connectivity index (χ2v) is 8.72. The minimum atomic E-state index is -0.751. The molecule has 0 spiro atoms. The number of allylic oxidation sites excluding steroid dienone is 2. The first-order valence-electron chi connectivity index (χ1n) is 10.8. The number of benzene rings is 1. The molecule has 162 valence electrons. The van der Waals surface area contributed by atoms with Crippen molar-refractivity contribution >= 4 is 17.7 Å². The van der Waals surface area contributed by atoms with Crippen LogP contribution in [0.2, 0.25) is 0 Å². The van der Waals surface area contributed by atoms with Crippen LogP contribution in [0.5, 0.6) is 5.75 Å². The van der Waals surface area contributed by atoms with Crippen LogP contribution in [0.4, 0.5) is 0 Å². The standard InChI is InChI=1S/C24H32N2O4/c1-16(2)15-20(26-22(27)18-10-6-7-11-19(18)23(26)28)24(29)25(4)13-14-30-21-12-8-5-9-17(21)3/h5-9,12,16,18-20H,10-11,13-15H2,1-4H3. The summed E-state index contributed by atoms with van der Waals surface area (Å²) in [7, 11) is 1.70. The van der Waals surface area contributed by atoms with Crippen molar-refractivity contribution in [3.63, 3.8) is 0 Å². The van der Waals surface area contributed by atoms with E-state index in [9.17, 15) is 14.4 Å². The van der Waals surface area contributed by atoms with Gasteiger partial charge in [-0.1, -0.05) is 44.2 Å². The lowest BCUT2D eigenvalue weighted by Crippen LogP contribution is -2.51. The van der Waals surface area contributed by atoms with E-state index in [2.05, 4.69) is 0 Å². The van der Waals surface area contributed by atoms with E-state index in [1.54, 1.807) is 11.9 Å². The predicted molar refractivity (Wildman–Crippen MR) is 115 cm³/mol. The highest BCUT2D eigenvalue weighted by Gasteiger charge is 2.51. The van der Waals surface area contributed by atoms with Crippen molar-refractivity contribution in [1.29, 1.82) is 0 Å². The maximum absolute atomic E-state index is 13.3. The average molecular weight is 413 g/mol. The number of nitrogens with zero attached hydrogens (tertiary/aromatic N) is 2. The quantitative estimate of drug-likeness (QED) is 0.486. The number of carbonyl (C=O) groups is 3. The van der Waals surface area contributed by atoms with Crippen molar-refractivity contribution < 1.29 is 19.1 Å². The third kappa shape index (κ3) is 4.58. The van der Waals surface area contributed by atoms with Gasteiger partial charge in [-0.15, -0.1) is 0 Å². The fourth-order valence-electron chi connectivity index (χ4n) is 4.27. The van der Waals surface area contributed by atoms with Crippen molar-refractivity contribution in [2.75, 3.05) is 20.2 Å². The van der Waals surface area contributed by atoms with Crippen LogP contribution in [-0.2, 0) is 14.4 Å². The number of fused-ring (bicyclic) bond motifs is 1. The largest absolute Gasteiger partial charge is 0.491 e. The molecule has 1 aliphatic carbocycles. The van der Waals surface area contributed by atoms with E-state index < -0.39 is 6.04 Å². The lowest BCUT2D eigenvalue weighted by atomic mass is 9.85. The number of likely N-dealkylation sites (N-methyl/N-ethyl adjacent to an activating group) is 1. The molecule has 1 aliphatic heterocycles. The number of rotatable bonds is 8. The monoisotopic (exact) mass is 412 g/mol. The Labute approximate surface area is 178 Å². The molecule has 6 nitrogen and oxygen atoms in total. The summed E-state index contributed by atoms with van der Waals surface area (Å²) in [4.78, 5) is 42.1. The van der Waals surface area contributed by atoms with Gasteiger partial charge < -0.3 is 9.64 Å². The predicted octanol–water partition coefficient (Wildman–Crippen LogP) is 3.20. The van der Waals surface area contributed by atoms with Gasteiger partial charge in [0.1, 0.15) is 18.4 Å². The van der Waals surface area contributed by atoms with Crippen LogP contribution < -0.4 is 4.74 Å². The summed E-state index contributed by atoms with van der Waals surface area (Å²) >= 11 is 0. The first-order chi connectivity index (χ1) is 14.3. The summed E-state index contributed by atoms with van der Waals surface area (Å²) in [5.74, 6) is -0.268. The number of amides is 3. The summed E-state index contributed by atoms with van der Waals surface area (Å²) in [5, 5.41) is 0. The molecule has 3 atom stereocenters. The van der Waals surface area contributed by atoms with E-state index in [-0.39, 0.29) is 35.5 Å². The van der Waals surface area contributed by atoms with Crippen LogP contribution in [0.15, 0.2) is 36.4 Å². The Bertz CT molecular complexity index is 806. The topological polar surface area (TPSA) is 66.9 Å². The fourth-order valence-corrected chi connectivity index (χ4v) is 4.27. The van der Waals surface area contributed by atoms with Crippen LogP contribution in [0, 0.1) is 24.7 Å². The molecule has 0 bridgehead atoms. The van der Waals surface area contributed by atoms with Gasteiger partial charge in [0.25, 0.3) is 0 Å². The van der Waals surface area contributed by atoms with E-state index in [0.29, 0.717) is 32.4 Å². The van der Waals surface area contributed by atoms with E-state index in [1.807, 2.05) is 57.2 Å². The van der Waals surface area contributed by atoms with Crippen molar-refractivity contribution in [1.82, 2.24) is 9.80 Å². The Hall–Kier alpha value is -2.63. The van der Waals surface area contributed by atoms with Crippen molar-refractivity contribution in [3.05, 3.63) is 42.0 Å². The van der Waals surface area contributed by atoms with Crippen LogP contribution in [0.3, 0.4) is 0 Å². The van der Waals surface area contributed by atoms with Crippen molar-refractivity contribution in [3.8, 4) is 5.75 Å². The summed E-state index contributed by atoms with van der Waals surface area (Å²) in [6.45, 7) is 6.70. The molecule has 0 N–H and O–H groups in total. The molecule has 6 heteroatoms. The lowest BCUT2D eigenvalue weighted by molar-refractivity contribution is -0.151. The normalized spacial score (nSPS) is 21.7. The zero-order valence-electron chi connectivity index (χ0n) is 18.3. The molecule has 1 aromatic carbocycles. The van der Waals surface area contributed by atoms with Gasteiger partial charge in [0.15, 0.2) is 0 Å². The van der Waals surface area contributed by atoms with E-state index >= 15 is 0 Å². The Balaban J connectivity index is 1.68. The van der Waals surface area contributed by atoms with Gasteiger partial charge in [0.2, 0.25) is 17.7 Å². The molecule has 3 amide bonds. The molecule has 30 heavy (non-hydrogen) atoms. The van der Waals surface area contributed by atoms with Crippen LogP contribution in [0.25, 0.3) is 0 Å². The SMILES string of the molecule is Cc1ccccc1OCCN(C)C(=O)C(CC(C)C)N1C(=O)C2CC=CCC2C1=O. The highest BCUT2D eigenvalue weighted by Crippen LogP contribution is 2.37. The molecule has 1 saturated heterocycles. The first-order valence-corrected chi connectivity index (χ1v) is 10.8. The molecule has 3 unspecified atom stereocenters. The number of ether oxygens (including phenoxy) is 1. The number of hydrogen-bond donors (Lipinski definition) is 0. The highest BCUT2D eigenvalue weighted by molar-refractivity contribution is 6.08. The zero-order valence-corrected chi connectivity index (χ0v) is 18.3. The minimum absolute atomic E-state index is 0.178. The van der Waals surface area contributed by atoms with Gasteiger partial charge in [0.05, 0.1) is 18.4 Å². The van der Waals surface area contributed by atoms with Gasteiger partial charge in [-0.2, -0.15) is 0 Å². The summed E-state index contributed by atoms with van der Waals surface area (Å²) in [5.41, 5.74) is 1.04. The van der Waals surface area contributed by atoms with Crippen molar-refractivity contribution in [2.24, 2.45) is 17.8 Å². The third-order valence-corrected chi connectivity index (χ3v) is 5.99. The zero-order chi connectivity index (χ0) is 21.8. The Morgan fingerprint density at radius 1 is 1.13 bits per heavy atom. The van der Waals surface area contributed by atoms with E-state index in [4.69, 9.17) is 4.74 Å². The molecule has 1 aromatic rings. The maximum atomic E-state index is 13.3. The van der Waals surface area contributed by atoms with E-state index in [0.717, 1.165) is 11.3 Å². The summed E-state index contributed by atoms with van der Waals surface area (Å²) in [6.07, 6.45) is 5.54. The van der Waals surface area contributed by atoms with Gasteiger partial charge >= 0.3 is 0 Å². The molecule has 0 aromatic heterocycles. The van der Waals surface area contributed by atoms with Gasteiger partial charge in [-0.3, -0.25) is 19.3 Å². The number of carbonyl (C=O) groups excluding carboxylic acids is 3. The maximum Gasteiger partial charge on any atom is 0.245 e. The Morgan fingerprint density at radius 2 is 1.73 bits per heavy atom. The number of aryl methyl sites for hydroxylation is 1. The second kappa shape index (κ2) is 9.45. The van der Waals surface area contributed by atoms with Crippen LogP contribution >= 0.6 is 0 Å². The smallest absolute Gasteiger partial charge is 0.245 e. The number of likely N-dealkylation sites (tertiary alicyclic amines) is 1. The molecule has 1 fully saturated rings. The molecule has 3 rings (SSSR count). The summed E-state index contributed by atoms with van der Waals surface area (Å²) in [6, 6.07) is 6.98. The number of para-hydroxylation sites is 1. The lowest BCUT2D eigenvalue weighted by Gasteiger charge is -2.31. The number of imide groups is 1. The van der Waals surface area contributed by atoms with Gasteiger partial charge in [0, 0.05) is 7.05 Å². The molecule has 2 aliphatic rings.